The molecule has 4 nitrogen and oxygen atoms in total. The van der Waals surface area contributed by atoms with Crippen molar-refractivity contribution in [2.45, 2.75) is 65.5 Å². The first-order chi connectivity index (χ1) is 13.4. The Kier molecular flexibility index (Phi) is 5.97. The summed E-state index contributed by atoms with van der Waals surface area (Å²) in [6.45, 7) is 10.4. The fraction of sp³-hybridized carbons (Fsp3) is 0.458. The highest BCUT2D eigenvalue weighted by Crippen LogP contribution is 2.42. The van der Waals surface area contributed by atoms with Crippen LogP contribution in [0.4, 0.5) is 0 Å². The maximum Gasteiger partial charge on any atom is 0.258 e. The molecular weight excluding hydrogens is 350 g/mol. The average molecular weight is 382 g/mol. The van der Waals surface area contributed by atoms with E-state index in [0.717, 1.165) is 47.5 Å². The van der Waals surface area contributed by atoms with Crippen molar-refractivity contribution in [3.8, 4) is 11.5 Å². The van der Waals surface area contributed by atoms with Crippen molar-refractivity contribution in [3.63, 3.8) is 0 Å². The lowest BCUT2D eigenvalue weighted by Gasteiger charge is -2.41. The molecule has 0 unspecified atom stereocenters. The van der Waals surface area contributed by atoms with Gasteiger partial charge in [0.05, 0.1) is 6.04 Å². The number of aryl methyl sites for hydroxylation is 2. The van der Waals surface area contributed by atoms with Gasteiger partial charge in [-0.2, -0.15) is 0 Å². The quantitative estimate of drug-likeness (QED) is 0.749. The first-order valence-corrected chi connectivity index (χ1v) is 10.2. The van der Waals surface area contributed by atoms with Gasteiger partial charge >= 0.3 is 0 Å². The van der Waals surface area contributed by atoms with Crippen LogP contribution < -0.4 is 14.8 Å². The molecule has 0 saturated carbocycles. The van der Waals surface area contributed by atoms with Crippen molar-refractivity contribution in [1.82, 2.24) is 5.32 Å². The van der Waals surface area contributed by atoms with Crippen LogP contribution in [0.2, 0.25) is 0 Å². The highest BCUT2D eigenvalue weighted by atomic mass is 16.5. The molecule has 0 fully saturated rings. The molecule has 1 amide bonds. The van der Waals surface area contributed by atoms with E-state index >= 15 is 0 Å². The zero-order chi connectivity index (χ0) is 20.3. The number of carbonyl (C=O) groups excluding carboxylic acids is 1. The van der Waals surface area contributed by atoms with Crippen molar-refractivity contribution >= 4 is 5.91 Å². The molecule has 0 spiro atoms. The molecule has 0 saturated heterocycles. The number of ether oxygens (including phenoxy) is 2. The first kappa shape index (κ1) is 20.2. The second-order valence-corrected chi connectivity index (χ2v) is 7.85. The number of para-hydroxylation sites is 1. The number of rotatable bonds is 6. The number of amides is 1. The Morgan fingerprint density at radius 2 is 1.89 bits per heavy atom. The maximum absolute atomic E-state index is 12.7. The van der Waals surface area contributed by atoms with Gasteiger partial charge in [0, 0.05) is 12.0 Å². The Balaban J connectivity index is 1.73. The Bertz CT molecular complexity index is 855. The molecule has 150 valence electrons. The zero-order valence-electron chi connectivity index (χ0n) is 17.6. The van der Waals surface area contributed by atoms with E-state index in [4.69, 9.17) is 9.47 Å². The van der Waals surface area contributed by atoms with E-state index in [1.165, 1.54) is 5.56 Å². The number of nitrogens with one attached hydrogen (secondary N) is 1. The summed E-state index contributed by atoms with van der Waals surface area (Å²) < 4.78 is 12.2. The lowest BCUT2D eigenvalue weighted by molar-refractivity contribution is -0.124. The van der Waals surface area contributed by atoms with Crippen LogP contribution in [0.25, 0.3) is 0 Å². The number of benzene rings is 2. The van der Waals surface area contributed by atoms with Gasteiger partial charge in [-0.15, -0.1) is 0 Å². The van der Waals surface area contributed by atoms with Crippen LogP contribution in [0.1, 0.15) is 61.4 Å². The van der Waals surface area contributed by atoms with Gasteiger partial charge < -0.3 is 14.8 Å². The van der Waals surface area contributed by atoms with Gasteiger partial charge in [-0.05, 0) is 62.4 Å². The van der Waals surface area contributed by atoms with Gasteiger partial charge in [0.2, 0.25) is 0 Å². The molecule has 0 bridgehead atoms. The molecule has 1 aliphatic rings. The number of carbonyl (C=O) groups is 1. The van der Waals surface area contributed by atoms with Gasteiger partial charge in [0.15, 0.2) is 6.61 Å². The minimum atomic E-state index is -0.239. The zero-order valence-corrected chi connectivity index (χ0v) is 17.6. The smallest absolute Gasteiger partial charge is 0.258 e. The van der Waals surface area contributed by atoms with Crippen molar-refractivity contribution in [1.29, 1.82) is 0 Å². The second-order valence-electron chi connectivity index (χ2n) is 7.85. The maximum atomic E-state index is 12.7. The van der Waals surface area contributed by atoms with E-state index in [1.54, 1.807) is 0 Å². The van der Waals surface area contributed by atoms with Crippen LogP contribution in [0.3, 0.4) is 0 Å². The lowest BCUT2D eigenvalue weighted by Crippen LogP contribution is -2.45. The van der Waals surface area contributed by atoms with Gasteiger partial charge in [0.25, 0.3) is 5.91 Å². The van der Waals surface area contributed by atoms with Gasteiger partial charge in [-0.25, -0.2) is 0 Å². The highest BCUT2D eigenvalue weighted by Gasteiger charge is 2.38. The Hall–Kier alpha value is -2.49. The van der Waals surface area contributed by atoms with Crippen LogP contribution in [0, 0.1) is 20.8 Å². The van der Waals surface area contributed by atoms with Crippen LogP contribution in [-0.4, -0.2) is 18.1 Å². The molecule has 28 heavy (non-hydrogen) atoms. The van der Waals surface area contributed by atoms with Crippen molar-refractivity contribution in [3.05, 3.63) is 58.7 Å². The third-order valence-electron chi connectivity index (χ3n) is 5.94. The van der Waals surface area contributed by atoms with Crippen molar-refractivity contribution in [2.24, 2.45) is 0 Å². The SMILES string of the molecule is CCC1(CC)C[C@@H](NC(=O)COc2cc(C)cc(C)c2C)c2ccccc2O1. The monoisotopic (exact) mass is 381 g/mol. The summed E-state index contributed by atoms with van der Waals surface area (Å²) in [4.78, 5) is 12.7. The first-order valence-electron chi connectivity index (χ1n) is 10.2. The Morgan fingerprint density at radius 1 is 1.18 bits per heavy atom. The summed E-state index contributed by atoms with van der Waals surface area (Å²) in [5.74, 6) is 1.53. The molecule has 4 heteroatoms. The third-order valence-corrected chi connectivity index (χ3v) is 5.94. The van der Waals surface area contributed by atoms with Crippen LogP contribution >= 0.6 is 0 Å². The summed E-state index contributed by atoms with van der Waals surface area (Å²) in [7, 11) is 0. The Morgan fingerprint density at radius 3 is 2.61 bits per heavy atom. The largest absolute Gasteiger partial charge is 0.487 e. The van der Waals surface area contributed by atoms with E-state index in [9.17, 15) is 4.79 Å². The van der Waals surface area contributed by atoms with Gasteiger partial charge in [-0.3, -0.25) is 4.79 Å². The lowest BCUT2D eigenvalue weighted by atomic mass is 9.83. The standard InChI is InChI=1S/C24H31NO3/c1-6-24(7-2)14-20(19-10-8-9-11-21(19)28-24)25-23(26)15-27-22-13-16(3)12-17(4)18(22)5/h8-13,20H,6-7,14-15H2,1-5H3,(H,25,26)/t20-/m1/s1. The predicted octanol–water partition coefficient (Wildman–Crippen LogP) is 5.19. The van der Waals surface area contributed by atoms with E-state index in [2.05, 4.69) is 32.2 Å². The molecule has 1 atom stereocenters. The number of hydrogen-bond donors (Lipinski definition) is 1. The molecule has 2 aromatic rings. The molecule has 0 aromatic heterocycles. The minimum Gasteiger partial charge on any atom is -0.487 e. The molecule has 1 aliphatic heterocycles. The molecule has 2 aromatic carbocycles. The summed E-state index contributed by atoms with van der Waals surface area (Å²) in [5, 5.41) is 3.17. The molecule has 1 heterocycles. The van der Waals surface area contributed by atoms with Crippen molar-refractivity contribution in [2.75, 3.05) is 6.61 Å². The number of fused-ring (bicyclic) bond motifs is 1. The molecule has 0 aliphatic carbocycles. The average Bonchev–Trinajstić information content (AvgIpc) is 2.69. The topological polar surface area (TPSA) is 47.6 Å². The summed E-state index contributed by atoms with van der Waals surface area (Å²) >= 11 is 0. The molecular formula is C24H31NO3. The molecule has 1 N–H and O–H groups in total. The van der Waals surface area contributed by atoms with Crippen LogP contribution in [-0.2, 0) is 4.79 Å². The summed E-state index contributed by atoms with van der Waals surface area (Å²) in [5.41, 5.74) is 4.18. The second kappa shape index (κ2) is 8.26. The highest BCUT2D eigenvalue weighted by molar-refractivity contribution is 5.78. The summed E-state index contributed by atoms with van der Waals surface area (Å²) in [6, 6.07) is 12.0. The normalized spacial score (nSPS) is 17.4. The van der Waals surface area contributed by atoms with Crippen molar-refractivity contribution < 1.29 is 14.3 Å². The summed E-state index contributed by atoms with van der Waals surface area (Å²) in [6.07, 6.45) is 2.58. The minimum absolute atomic E-state index is 0.00844. The van der Waals surface area contributed by atoms with Gasteiger partial charge in [0.1, 0.15) is 17.1 Å². The fourth-order valence-electron chi connectivity index (χ4n) is 3.96. The van der Waals surface area contributed by atoms with E-state index < -0.39 is 0 Å². The van der Waals surface area contributed by atoms with Gasteiger partial charge in [-0.1, -0.05) is 38.1 Å². The van der Waals surface area contributed by atoms with E-state index in [0.29, 0.717) is 0 Å². The molecule has 3 rings (SSSR count). The Labute approximate surface area is 168 Å². The number of hydrogen-bond acceptors (Lipinski definition) is 3. The predicted molar refractivity (Wildman–Crippen MR) is 112 cm³/mol. The fourth-order valence-corrected chi connectivity index (χ4v) is 3.96. The van der Waals surface area contributed by atoms with E-state index in [1.807, 2.05) is 44.2 Å². The van der Waals surface area contributed by atoms with Crippen LogP contribution in [0.15, 0.2) is 36.4 Å². The van der Waals surface area contributed by atoms with E-state index in [-0.39, 0.29) is 24.2 Å². The van der Waals surface area contributed by atoms with Crippen LogP contribution in [0.5, 0.6) is 11.5 Å². The molecule has 0 radical (unpaired) electrons. The third kappa shape index (κ3) is 4.16.